The molecule has 14 nitrogen and oxygen atoms in total. The summed E-state index contributed by atoms with van der Waals surface area (Å²) in [7, 11) is -2.95. The van der Waals surface area contributed by atoms with E-state index >= 15 is 0 Å². The van der Waals surface area contributed by atoms with Crippen LogP contribution in [0.2, 0.25) is 0 Å². The van der Waals surface area contributed by atoms with E-state index < -0.39 is 55.4 Å². The van der Waals surface area contributed by atoms with Crippen LogP contribution in [0.3, 0.4) is 0 Å². The molecule has 2 amide bonds. The lowest BCUT2D eigenvalue weighted by atomic mass is 9.85. The second-order valence-electron chi connectivity index (χ2n) is 13.8. The van der Waals surface area contributed by atoms with Crippen molar-refractivity contribution in [1.82, 2.24) is 14.6 Å². The summed E-state index contributed by atoms with van der Waals surface area (Å²) in [6.07, 6.45) is 0. The van der Waals surface area contributed by atoms with E-state index in [0.717, 1.165) is 5.56 Å². The van der Waals surface area contributed by atoms with Gasteiger partial charge in [0.2, 0.25) is 12.7 Å². The highest BCUT2D eigenvalue weighted by Gasteiger charge is 2.38. The van der Waals surface area contributed by atoms with Gasteiger partial charge in [0.15, 0.2) is 11.5 Å². The lowest BCUT2D eigenvalue weighted by Gasteiger charge is -2.21. The smallest absolute Gasteiger partial charge is 0.336 e. The average Bonchev–Trinajstić information content (AvgIpc) is 3.65. The molecule has 1 aromatic heterocycles. The summed E-state index contributed by atoms with van der Waals surface area (Å²) < 4.78 is 42.2. The molecular weight excluding hydrogens is 705 g/mol. The molecule has 0 saturated heterocycles. The zero-order valence-corrected chi connectivity index (χ0v) is 30.5. The monoisotopic (exact) mass is 740 g/mol. The number of carboxylic acid groups (broad SMARTS) is 1. The highest BCUT2D eigenvalue weighted by Crippen LogP contribution is 2.47. The molecule has 1 aliphatic heterocycles. The second-order valence-corrected chi connectivity index (χ2v) is 15.5. The number of sulfonamides is 1. The Bertz CT molecular complexity index is 2460. The van der Waals surface area contributed by atoms with Crippen LogP contribution in [0.1, 0.15) is 69.7 Å². The number of fused-ring (bicyclic) bond motifs is 2. The molecule has 6 rings (SSSR count). The van der Waals surface area contributed by atoms with Gasteiger partial charge in [-0.2, -0.15) is 0 Å². The third kappa shape index (κ3) is 6.90. The highest BCUT2D eigenvalue weighted by atomic mass is 32.2. The molecule has 0 fully saturated rings. The average molecular weight is 741 g/mol. The van der Waals surface area contributed by atoms with Crippen LogP contribution in [-0.4, -0.2) is 53.1 Å². The van der Waals surface area contributed by atoms with Crippen LogP contribution in [-0.2, 0) is 21.9 Å². The van der Waals surface area contributed by atoms with E-state index in [-0.39, 0.29) is 50.9 Å². The maximum absolute atomic E-state index is 14.7. The van der Waals surface area contributed by atoms with Crippen molar-refractivity contribution in [3.63, 3.8) is 0 Å². The van der Waals surface area contributed by atoms with E-state index in [0.29, 0.717) is 16.7 Å². The summed E-state index contributed by atoms with van der Waals surface area (Å²) in [5, 5.41) is 26.3. The standard InChI is InChI=1S/C38H36N4O10S/c1-20-7-12-24(13-8-20)53(49,50)40-36(44)30(22-11-16-28-29(18-22)52-19-51-28)31-25-15-10-23(35(43)39-38(3,4)5)17-27(25)41(6)34(31)32-26(37(45)46)14-9-21(2)33(32)42(47)48/h7-18,30H,19H2,1-6H3,(H,39,43)(H,40,44)(H,45,46). The number of amides is 2. The predicted octanol–water partition coefficient (Wildman–Crippen LogP) is 5.96. The Morgan fingerprint density at radius 2 is 1.62 bits per heavy atom. The molecule has 15 heteroatoms. The van der Waals surface area contributed by atoms with Gasteiger partial charge in [0.25, 0.3) is 21.6 Å². The maximum Gasteiger partial charge on any atom is 0.336 e. The van der Waals surface area contributed by atoms with Crippen molar-refractivity contribution < 1.29 is 42.3 Å². The third-order valence-corrected chi connectivity index (χ3v) is 10.2. The van der Waals surface area contributed by atoms with Gasteiger partial charge < -0.3 is 24.5 Å². The molecule has 53 heavy (non-hydrogen) atoms. The van der Waals surface area contributed by atoms with Gasteiger partial charge in [-0.1, -0.05) is 35.9 Å². The zero-order chi connectivity index (χ0) is 38.6. The van der Waals surface area contributed by atoms with Gasteiger partial charge in [-0.25, -0.2) is 17.9 Å². The SMILES string of the molecule is Cc1ccc(S(=O)(=O)NC(=O)C(c2ccc3c(c2)OCO3)c2c(-c3c(C(=O)O)ccc(C)c3[N+](=O)[O-])n(C)c3cc(C(=O)NC(C)(C)C)ccc23)cc1. The Morgan fingerprint density at radius 1 is 0.943 bits per heavy atom. The van der Waals surface area contributed by atoms with Crippen LogP contribution >= 0.6 is 0 Å². The van der Waals surface area contributed by atoms with E-state index in [2.05, 4.69) is 10.0 Å². The molecule has 0 saturated carbocycles. The summed E-state index contributed by atoms with van der Waals surface area (Å²) in [5.41, 5.74) is -0.196. The fourth-order valence-corrected chi connectivity index (χ4v) is 7.47. The first-order chi connectivity index (χ1) is 24.9. The van der Waals surface area contributed by atoms with E-state index in [9.17, 15) is 38.0 Å². The highest BCUT2D eigenvalue weighted by molar-refractivity contribution is 7.90. The van der Waals surface area contributed by atoms with Gasteiger partial charge in [-0.3, -0.25) is 19.7 Å². The number of nitro groups is 1. The van der Waals surface area contributed by atoms with Crippen molar-refractivity contribution in [2.75, 3.05) is 6.79 Å². The Morgan fingerprint density at radius 3 is 2.26 bits per heavy atom. The van der Waals surface area contributed by atoms with Crippen molar-refractivity contribution in [2.24, 2.45) is 7.05 Å². The molecule has 1 aliphatic rings. The molecule has 1 atom stereocenters. The quantitative estimate of drug-likeness (QED) is 0.120. The molecule has 0 spiro atoms. The first-order valence-corrected chi connectivity index (χ1v) is 17.9. The predicted molar refractivity (Wildman–Crippen MR) is 195 cm³/mol. The number of aryl methyl sites for hydroxylation is 3. The summed E-state index contributed by atoms with van der Waals surface area (Å²) >= 11 is 0. The first kappa shape index (κ1) is 36.6. The maximum atomic E-state index is 14.7. The summed E-state index contributed by atoms with van der Waals surface area (Å²) in [5.74, 6) is -3.85. The van der Waals surface area contributed by atoms with Gasteiger partial charge in [-0.15, -0.1) is 0 Å². The molecule has 0 radical (unpaired) electrons. The van der Waals surface area contributed by atoms with Crippen molar-refractivity contribution in [3.8, 4) is 22.8 Å². The van der Waals surface area contributed by atoms with Crippen molar-refractivity contribution in [3.05, 3.63) is 116 Å². The number of benzene rings is 4. The summed E-state index contributed by atoms with van der Waals surface area (Å²) in [6.45, 7) is 8.57. The number of hydrogen-bond acceptors (Lipinski definition) is 9. The Labute approximate surface area is 304 Å². The number of nitrogens with one attached hydrogen (secondary N) is 2. The number of carboxylic acids is 1. The van der Waals surface area contributed by atoms with Crippen molar-refractivity contribution in [2.45, 2.75) is 51.0 Å². The molecule has 0 aliphatic carbocycles. The van der Waals surface area contributed by atoms with Crippen LogP contribution in [0, 0.1) is 24.0 Å². The number of hydrogen-bond donors (Lipinski definition) is 3. The van der Waals surface area contributed by atoms with E-state index in [1.54, 1.807) is 31.2 Å². The Kier molecular flexibility index (Phi) is 9.24. The number of rotatable bonds is 9. The van der Waals surface area contributed by atoms with E-state index in [4.69, 9.17) is 9.47 Å². The van der Waals surface area contributed by atoms with Crippen LogP contribution in [0.15, 0.2) is 77.7 Å². The topological polar surface area (TPSA) is 196 Å². The number of ether oxygens (including phenoxy) is 2. The van der Waals surface area contributed by atoms with Crippen LogP contribution in [0.25, 0.3) is 22.2 Å². The number of aromatic nitrogens is 1. The van der Waals surface area contributed by atoms with Crippen molar-refractivity contribution in [1.29, 1.82) is 0 Å². The molecule has 1 unspecified atom stereocenters. The minimum atomic E-state index is -4.48. The zero-order valence-electron chi connectivity index (χ0n) is 29.6. The van der Waals surface area contributed by atoms with E-state index in [1.807, 2.05) is 20.8 Å². The Balaban J connectivity index is 1.71. The summed E-state index contributed by atoms with van der Waals surface area (Å²) in [4.78, 5) is 52.7. The molecule has 274 valence electrons. The Hall–Kier alpha value is -6.22. The first-order valence-electron chi connectivity index (χ1n) is 16.4. The van der Waals surface area contributed by atoms with Gasteiger partial charge >= 0.3 is 5.97 Å². The van der Waals surface area contributed by atoms with Crippen molar-refractivity contribution >= 4 is 44.4 Å². The number of nitrogens with zero attached hydrogens (tertiary/aromatic N) is 2. The number of carbonyl (C=O) groups is 3. The lowest BCUT2D eigenvalue weighted by molar-refractivity contribution is -0.384. The fourth-order valence-electron chi connectivity index (χ4n) is 6.47. The number of aromatic carboxylic acids is 1. The normalized spacial score (nSPS) is 13.1. The van der Waals surface area contributed by atoms with Gasteiger partial charge in [0.05, 0.1) is 32.6 Å². The van der Waals surface area contributed by atoms with Gasteiger partial charge in [0, 0.05) is 40.2 Å². The fraction of sp³-hybridized carbons (Fsp3) is 0.237. The second kappa shape index (κ2) is 13.4. The molecule has 0 bridgehead atoms. The molecule has 5 aromatic rings. The largest absolute Gasteiger partial charge is 0.478 e. The minimum absolute atomic E-state index is 0.0493. The van der Waals surface area contributed by atoms with Crippen LogP contribution < -0.4 is 19.5 Å². The number of carbonyl (C=O) groups excluding carboxylic acids is 2. The van der Waals surface area contributed by atoms with Gasteiger partial charge in [-0.05, 0) is 82.6 Å². The minimum Gasteiger partial charge on any atom is -0.478 e. The van der Waals surface area contributed by atoms with Crippen LogP contribution in [0.4, 0.5) is 5.69 Å². The molecule has 3 N–H and O–H groups in total. The summed E-state index contributed by atoms with van der Waals surface area (Å²) in [6, 6.07) is 17.6. The van der Waals surface area contributed by atoms with E-state index in [1.165, 1.54) is 67.1 Å². The third-order valence-electron chi connectivity index (χ3n) is 8.87. The number of nitro benzene ring substituents is 1. The van der Waals surface area contributed by atoms with Crippen LogP contribution in [0.5, 0.6) is 11.5 Å². The lowest BCUT2D eigenvalue weighted by Crippen LogP contribution is -2.40. The molecule has 2 heterocycles. The molecule has 4 aromatic carbocycles. The van der Waals surface area contributed by atoms with Gasteiger partial charge in [0.1, 0.15) is 0 Å². The molecular formula is C38H36N4O10S.